The van der Waals surface area contributed by atoms with Crippen molar-refractivity contribution < 1.29 is 14.2 Å². The topological polar surface area (TPSA) is 123 Å². The fourth-order valence-electron chi connectivity index (χ4n) is 3.38. The van der Waals surface area contributed by atoms with Crippen LogP contribution < -0.4 is 14.2 Å². The summed E-state index contributed by atoms with van der Waals surface area (Å²) in [6.07, 6.45) is 0. The summed E-state index contributed by atoms with van der Waals surface area (Å²) < 4.78 is 16.5. The number of rotatable bonds is 3. The number of hydrogen-bond donors (Lipinski definition) is 0. The van der Waals surface area contributed by atoms with Gasteiger partial charge in [-0.25, -0.2) is 0 Å². The second kappa shape index (κ2) is 7.04. The van der Waals surface area contributed by atoms with Gasteiger partial charge in [0.25, 0.3) is 0 Å². The average molecular weight is 368 g/mol. The van der Waals surface area contributed by atoms with Gasteiger partial charge < -0.3 is 14.2 Å². The second-order valence-corrected chi connectivity index (χ2v) is 5.68. The molecule has 0 amide bonds. The van der Waals surface area contributed by atoms with Crippen molar-refractivity contribution in [3.05, 3.63) is 40.5 Å². The summed E-state index contributed by atoms with van der Waals surface area (Å²) in [5, 5.41) is 40.3. The van der Waals surface area contributed by atoms with Gasteiger partial charge in [-0.1, -0.05) is 6.07 Å². The minimum absolute atomic E-state index is 0.0167. The zero-order valence-corrected chi connectivity index (χ0v) is 15.2. The van der Waals surface area contributed by atoms with Crippen LogP contribution in [0.25, 0.3) is 21.5 Å². The molecule has 7 nitrogen and oxygen atoms in total. The molecule has 0 bridgehead atoms. The van der Waals surface area contributed by atoms with Crippen LogP contribution in [-0.4, -0.2) is 21.3 Å². The summed E-state index contributed by atoms with van der Waals surface area (Å²) in [6, 6.07) is 12.9. The quantitative estimate of drug-likeness (QED) is 0.648. The van der Waals surface area contributed by atoms with Crippen molar-refractivity contribution in [2.24, 2.45) is 0 Å². The molecule has 0 N–H and O–H groups in total. The van der Waals surface area contributed by atoms with Gasteiger partial charge in [-0.3, -0.25) is 0 Å². The molecule has 134 valence electrons. The van der Waals surface area contributed by atoms with Gasteiger partial charge in [0.2, 0.25) is 0 Å². The molecule has 0 saturated carbocycles. The number of ether oxygens (including phenoxy) is 3. The fraction of sp³-hybridized carbons (Fsp3) is 0.143. The first-order chi connectivity index (χ1) is 13.6. The van der Waals surface area contributed by atoms with E-state index < -0.39 is 0 Å². The van der Waals surface area contributed by atoms with Crippen LogP contribution in [0.5, 0.6) is 17.2 Å². The van der Waals surface area contributed by atoms with Crippen LogP contribution in [-0.2, 0) is 0 Å². The summed E-state index contributed by atoms with van der Waals surface area (Å²) in [6.45, 7) is 0. The Morgan fingerprint density at radius 2 is 1.21 bits per heavy atom. The lowest BCUT2D eigenvalue weighted by Crippen LogP contribution is -2.01. The molecule has 3 rings (SSSR count). The Hall–Kier alpha value is -4.46. The van der Waals surface area contributed by atoms with E-state index in [1.807, 2.05) is 24.3 Å². The SMILES string of the molecule is COc1ccc2cc3c(C#N)c(C#N)c(C#N)c(C#N)c3c(OC)c2c1OC. The summed E-state index contributed by atoms with van der Waals surface area (Å²) in [7, 11) is 4.40. The van der Waals surface area contributed by atoms with E-state index in [-0.39, 0.29) is 33.4 Å². The Morgan fingerprint density at radius 3 is 1.71 bits per heavy atom. The van der Waals surface area contributed by atoms with Gasteiger partial charge in [0, 0.05) is 10.8 Å². The van der Waals surface area contributed by atoms with Crippen LogP contribution in [0.1, 0.15) is 22.3 Å². The molecule has 0 aliphatic heterocycles. The summed E-state index contributed by atoms with van der Waals surface area (Å²) in [5.41, 5.74) is -0.302. The molecule has 7 heteroatoms. The van der Waals surface area contributed by atoms with Crippen molar-refractivity contribution in [2.45, 2.75) is 0 Å². The van der Waals surface area contributed by atoms with E-state index >= 15 is 0 Å². The van der Waals surface area contributed by atoms with E-state index in [1.165, 1.54) is 21.3 Å². The first-order valence-electron chi connectivity index (χ1n) is 7.97. The molecule has 0 aromatic heterocycles. The Morgan fingerprint density at radius 1 is 0.643 bits per heavy atom. The van der Waals surface area contributed by atoms with Crippen LogP contribution in [0.3, 0.4) is 0 Å². The van der Waals surface area contributed by atoms with Crippen LogP contribution in [0.2, 0.25) is 0 Å². The molecule has 3 aromatic carbocycles. The maximum Gasteiger partial charge on any atom is 0.172 e. The lowest BCUT2D eigenvalue weighted by molar-refractivity contribution is 0.356. The van der Waals surface area contributed by atoms with Crippen molar-refractivity contribution in [2.75, 3.05) is 21.3 Å². The predicted molar refractivity (Wildman–Crippen MR) is 100.0 cm³/mol. The molecule has 0 radical (unpaired) electrons. The van der Waals surface area contributed by atoms with Gasteiger partial charge in [-0.15, -0.1) is 0 Å². The van der Waals surface area contributed by atoms with Gasteiger partial charge in [0.1, 0.15) is 30.0 Å². The standard InChI is InChI=1S/C21H12N4O3/c1-26-17-5-4-11-6-12-13(7-22)14(8-23)15(9-24)16(10-25)19(12)21(28-3)18(11)20(17)27-2/h4-6H,1-3H3. The van der Waals surface area contributed by atoms with E-state index in [9.17, 15) is 21.0 Å². The van der Waals surface area contributed by atoms with Gasteiger partial charge in [-0.2, -0.15) is 21.0 Å². The molecule has 0 fully saturated rings. The number of nitriles is 4. The molecular weight excluding hydrogens is 356 g/mol. The second-order valence-electron chi connectivity index (χ2n) is 5.68. The Kier molecular flexibility index (Phi) is 4.61. The molecule has 0 aliphatic carbocycles. The van der Waals surface area contributed by atoms with Gasteiger partial charge in [-0.05, 0) is 17.5 Å². The lowest BCUT2D eigenvalue weighted by Gasteiger charge is -2.17. The maximum absolute atomic E-state index is 9.75. The van der Waals surface area contributed by atoms with E-state index in [1.54, 1.807) is 18.2 Å². The number of fused-ring (bicyclic) bond motifs is 2. The van der Waals surface area contributed by atoms with Crippen molar-refractivity contribution in [3.8, 4) is 41.5 Å². The third kappa shape index (κ3) is 2.32. The highest BCUT2D eigenvalue weighted by atomic mass is 16.5. The van der Waals surface area contributed by atoms with Crippen LogP contribution >= 0.6 is 0 Å². The zero-order chi connectivity index (χ0) is 20.4. The summed E-state index contributed by atoms with van der Waals surface area (Å²) in [4.78, 5) is 0. The van der Waals surface area contributed by atoms with Crippen molar-refractivity contribution >= 4 is 21.5 Å². The van der Waals surface area contributed by atoms with Crippen molar-refractivity contribution in [3.63, 3.8) is 0 Å². The van der Waals surface area contributed by atoms with Crippen LogP contribution in [0.15, 0.2) is 18.2 Å². The van der Waals surface area contributed by atoms with Gasteiger partial charge in [0.05, 0.1) is 49.0 Å². The molecule has 0 saturated heterocycles. The summed E-state index contributed by atoms with van der Waals surface area (Å²) >= 11 is 0. The molecule has 0 spiro atoms. The first-order valence-corrected chi connectivity index (χ1v) is 7.97. The van der Waals surface area contributed by atoms with Gasteiger partial charge in [0.15, 0.2) is 11.5 Å². The molecule has 0 heterocycles. The molecular formula is C21H12N4O3. The number of methoxy groups -OCH3 is 3. The van der Waals surface area contributed by atoms with E-state index in [0.29, 0.717) is 27.7 Å². The molecule has 3 aromatic rings. The molecule has 0 atom stereocenters. The number of hydrogen-bond acceptors (Lipinski definition) is 7. The average Bonchev–Trinajstić information content (AvgIpc) is 2.74. The highest BCUT2D eigenvalue weighted by Gasteiger charge is 2.25. The van der Waals surface area contributed by atoms with E-state index in [0.717, 1.165) is 0 Å². The minimum atomic E-state index is -0.159. The maximum atomic E-state index is 9.75. The van der Waals surface area contributed by atoms with Crippen LogP contribution in [0, 0.1) is 45.3 Å². The van der Waals surface area contributed by atoms with Crippen molar-refractivity contribution in [1.29, 1.82) is 21.0 Å². The molecule has 28 heavy (non-hydrogen) atoms. The normalized spacial score (nSPS) is 9.82. The highest BCUT2D eigenvalue weighted by Crippen LogP contribution is 2.47. The monoisotopic (exact) mass is 368 g/mol. The largest absolute Gasteiger partial charge is 0.495 e. The summed E-state index contributed by atoms with van der Waals surface area (Å²) in [5.74, 6) is 1.11. The first kappa shape index (κ1) is 18.3. The van der Waals surface area contributed by atoms with Gasteiger partial charge >= 0.3 is 0 Å². The Balaban J connectivity index is 2.78. The third-order valence-electron chi connectivity index (χ3n) is 4.52. The zero-order valence-electron chi connectivity index (χ0n) is 15.2. The minimum Gasteiger partial charge on any atom is -0.495 e. The highest BCUT2D eigenvalue weighted by molar-refractivity contribution is 6.13. The predicted octanol–water partition coefficient (Wildman–Crippen LogP) is 3.51. The van der Waals surface area contributed by atoms with Crippen LogP contribution in [0.4, 0.5) is 0 Å². The fourth-order valence-corrected chi connectivity index (χ4v) is 3.38. The molecule has 0 aliphatic rings. The Labute approximate surface area is 160 Å². The third-order valence-corrected chi connectivity index (χ3v) is 4.52. The van der Waals surface area contributed by atoms with Crippen molar-refractivity contribution in [1.82, 2.24) is 0 Å². The smallest absolute Gasteiger partial charge is 0.172 e. The Bertz CT molecular complexity index is 1320. The molecule has 0 unspecified atom stereocenters. The van der Waals surface area contributed by atoms with E-state index in [2.05, 4.69) is 0 Å². The lowest BCUT2D eigenvalue weighted by atomic mass is 9.88. The number of benzene rings is 3. The number of nitrogens with zero attached hydrogens (tertiary/aromatic N) is 4. The van der Waals surface area contributed by atoms with E-state index in [4.69, 9.17) is 14.2 Å².